The Morgan fingerprint density at radius 1 is 1.19 bits per heavy atom. The minimum atomic E-state index is -1.90. The second-order valence-electron chi connectivity index (χ2n) is 5.29. The number of carbonyl (C=O) groups excluding carboxylic acids is 1. The number of esters is 1. The minimum absolute atomic E-state index is 0.0941. The van der Waals surface area contributed by atoms with Gasteiger partial charge >= 0.3 is 5.97 Å². The number of hydrogen-bond donors (Lipinski definition) is 2. The Morgan fingerprint density at radius 2 is 1.86 bits per heavy atom. The number of unbranched alkanes of at least 4 members (excludes halogenated alkanes) is 3. The van der Waals surface area contributed by atoms with Crippen molar-refractivity contribution in [2.45, 2.75) is 57.7 Å². The Hall–Kier alpha value is -1.39. The van der Waals surface area contributed by atoms with Crippen molar-refractivity contribution in [1.29, 1.82) is 0 Å². The predicted octanol–water partition coefficient (Wildman–Crippen LogP) is 2.98. The van der Waals surface area contributed by atoms with Gasteiger partial charge in [-0.1, -0.05) is 63.4 Å². The summed E-state index contributed by atoms with van der Waals surface area (Å²) >= 11 is 0. The molecule has 0 saturated heterocycles. The van der Waals surface area contributed by atoms with Crippen LogP contribution in [0, 0.1) is 0 Å². The molecular weight excluding hydrogens is 268 g/mol. The lowest BCUT2D eigenvalue weighted by atomic mass is 9.88. The van der Waals surface area contributed by atoms with E-state index in [0.717, 1.165) is 25.7 Å². The number of ether oxygens (including phenoxy) is 1. The van der Waals surface area contributed by atoms with Crippen LogP contribution in [0.1, 0.15) is 57.6 Å². The molecule has 4 heteroatoms. The lowest BCUT2D eigenvalue weighted by molar-refractivity contribution is -0.180. The Labute approximate surface area is 126 Å². The standard InChI is InChI=1S/C17H26O4/c1-3-5-6-10-13-21-16(19)17(20,4-2)15(18)14-11-8-7-9-12-14/h7-9,11-12,15,18,20H,3-6,10,13H2,1-2H3. The van der Waals surface area contributed by atoms with Crippen molar-refractivity contribution in [2.24, 2.45) is 0 Å². The second-order valence-corrected chi connectivity index (χ2v) is 5.29. The van der Waals surface area contributed by atoms with Gasteiger partial charge in [0.2, 0.25) is 0 Å². The summed E-state index contributed by atoms with van der Waals surface area (Å²) in [6, 6.07) is 8.68. The number of carbonyl (C=O) groups is 1. The number of rotatable bonds is 9. The first-order valence-corrected chi connectivity index (χ1v) is 7.68. The quantitative estimate of drug-likeness (QED) is 0.543. The van der Waals surface area contributed by atoms with Gasteiger partial charge in [0.05, 0.1) is 6.61 Å². The van der Waals surface area contributed by atoms with E-state index in [2.05, 4.69) is 6.92 Å². The second kappa shape index (κ2) is 8.80. The van der Waals surface area contributed by atoms with Gasteiger partial charge in [-0.3, -0.25) is 0 Å². The van der Waals surface area contributed by atoms with Crippen molar-refractivity contribution in [3.8, 4) is 0 Å². The van der Waals surface area contributed by atoms with Crippen LogP contribution in [0.2, 0.25) is 0 Å². The molecule has 0 heterocycles. The maximum atomic E-state index is 12.1. The van der Waals surface area contributed by atoms with Crippen molar-refractivity contribution in [1.82, 2.24) is 0 Å². The maximum Gasteiger partial charge on any atom is 0.341 e. The number of aliphatic hydroxyl groups is 2. The van der Waals surface area contributed by atoms with Crippen LogP contribution >= 0.6 is 0 Å². The smallest absolute Gasteiger partial charge is 0.341 e. The van der Waals surface area contributed by atoms with E-state index in [1.807, 2.05) is 6.07 Å². The zero-order chi connectivity index (χ0) is 15.7. The van der Waals surface area contributed by atoms with Gasteiger partial charge in [-0.2, -0.15) is 0 Å². The Kier molecular flexibility index (Phi) is 7.40. The van der Waals surface area contributed by atoms with Gasteiger partial charge in [0, 0.05) is 0 Å². The first-order chi connectivity index (χ1) is 10.1. The van der Waals surface area contributed by atoms with Crippen LogP contribution in [0.3, 0.4) is 0 Å². The van der Waals surface area contributed by atoms with Gasteiger partial charge in [0.1, 0.15) is 6.10 Å². The van der Waals surface area contributed by atoms with Gasteiger partial charge in [-0.15, -0.1) is 0 Å². The fraction of sp³-hybridized carbons (Fsp3) is 0.588. The van der Waals surface area contributed by atoms with Crippen LogP contribution in [0.4, 0.5) is 0 Å². The Morgan fingerprint density at radius 3 is 2.43 bits per heavy atom. The molecule has 0 saturated carbocycles. The molecule has 21 heavy (non-hydrogen) atoms. The average molecular weight is 294 g/mol. The summed E-state index contributed by atoms with van der Waals surface area (Å²) in [7, 11) is 0. The first kappa shape index (κ1) is 17.7. The van der Waals surface area contributed by atoms with Crippen LogP contribution in [0.5, 0.6) is 0 Å². The topological polar surface area (TPSA) is 66.8 Å². The largest absolute Gasteiger partial charge is 0.463 e. The van der Waals surface area contributed by atoms with E-state index in [1.54, 1.807) is 31.2 Å². The minimum Gasteiger partial charge on any atom is -0.463 e. The van der Waals surface area contributed by atoms with Crippen LogP contribution in [-0.4, -0.2) is 28.4 Å². The summed E-state index contributed by atoms with van der Waals surface area (Å²) in [5, 5.41) is 20.8. The molecule has 2 atom stereocenters. The van der Waals surface area contributed by atoms with Gasteiger partial charge in [0.25, 0.3) is 0 Å². The van der Waals surface area contributed by atoms with E-state index in [0.29, 0.717) is 5.56 Å². The third kappa shape index (κ3) is 4.83. The molecule has 1 aromatic rings. The average Bonchev–Trinajstić information content (AvgIpc) is 2.53. The molecule has 0 aliphatic carbocycles. The summed E-state index contributed by atoms with van der Waals surface area (Å²) in [4.78, 5) is 12.1. The molecule has 2 N–H and O–H groups in total. The van der Waals surface area contributed by atoms with Gasteiger partial charge in [-0.25, -0.2) is 4.79 Å². The summed E-state index contributed by atoms with van der Waals surface area (Å²) in [6.45, 7) is 4.05. The highest BCUT2D eigenvalue weighted by atomic mass is 16.6. The van der Waals surface area contributed by atoms with Crippen LogP contribution in [0.15, 0.2) is 30.3 Å². The summed E-state index contributed by atoms with van der Waals surface area (Å²) in [6.07, 6.45) is 2.79. The van der Waals surface area contributed by atoms with Crippen molar-refractivity contribution in [3.05, 3.63) is 35.9 Å². The van der Waals surface area contributed by atoms with Gasteiger partial charge in [-0.05, 0) is 18.4 Å². The Bertz CT molecular complexity index is 418. The van der Waals surface area contributed by atoms with Crippen molar-refractivity contribution in [3.63, 3.8) is 0 Å². The van der Waals surface area contributed by atoms with Crippen LogP contribution in [-0.2, 0) is 9.53 Å². The van der Waals surface area contributed by atoms with Gasteiger partial charge < -0.3 is 14.9 Å². The number of aliphatic hydroxyl groups excluding tert-OH is 1. The van der Waals surface area contributed by atoms with Gasteiger partial charge in [0.15, 0.2) is 5.60 Å². The van der Waals surface area contributed by atoms with E-state index >= 15 is 0 Å². The highest BCUT2D eigenvalue weighted by molar-refractivity contribution is 5.80. The van der Waals surface area contributed by atoms with E-state index in [1.165, 1.54) is 0 Å². The first-order valence-electron chi connectivity index (χ1n) is 7.68. The van der Waals surface area contributed by atoms with Crippen molar-refractivity contribution in [2.75, 3.05) is 6.61 Å². The molecule has 4 nitrogen and oxygen atoms in total. The lowest BCUT2D eigenvalue weighted by Gasteiger charge is -2.30. The molecule has 0 radical (unpaired) electrons. The third-order valence-corrected chi connectivity index (χ3v) is 3.69. The van der Waals surface area contributed by atoms with E-state index in [-0.39, 0.29) is 13.0 Å². The van der Waals surface area contributed by atoms with Crippen molar-refractivity contribution < 1.29 is 19.7 Å². The number of benzene rings is 1. The third-order valence-electron chi connectivity index (χ3n) is 3.69. The fourth-order valence-electron chi connectivity index (χ4n) is 2.18. The molecule has 0 fully saturated rings. The molecule has 1 aromatic carbocycles. The molecular formula is C17H26O4. The maximum absolute atomic E-state index is 12.1. The summed E-state index contributed by atoms with van der Waals surface area (Å²) in [5.41, 5.74) is -1.39. The van der Waals surface area contributed by atoms with E-state index in [4.69, 9.17) is 4.74 Å². The predicted molar refractivity (Wildman–Crippen MR) is 81.7 cm³/mol. The summed E-state index contributed by atoms with van der Waals surface area (Å²) < 4.78 is 5.14. The zero-order valence-corrected chi connectivity index (χ0v) is 12.9. The molecule has 0 spiro atoms. The number of hydrogen-bond acceptors (Lipinski definition) is 4. The molecule has 2 unspecified atom stereocenters. The molecule has 0 aliphatic heterocycles. The fourth-order valence-corrected chi connectivity index (χ4v) is 2.18. The molecule has 1 rings (SSSR count). The van der Waals surface area contributed by atoms with E-state index in [9.17, 15) is 15.0 Å². The monoisotopic (exact) mass is 294 g/mol. The van der Waals surface area contributed by atoms with E-state index < -0.39 is 17.7 Å². The molecule has 0 amide bonds. The SMILES string of the molecule is CCCCCCOC(=O)C(O)(CC)C(O)c1ccccc1. The molecule has 0 aliphatic rings. The highest BCUT2D eigenvalue weighted by Gasteiger charge is 2.44. The highest BCUT2D eigenvalue weighted by Crippen LogP contribution is 2.30. The molecule has 0 aromatic heterocycles. The van der Waals surface area contributed by atoms with Crippen LogP contribution < -0.4 is 0 Å². The zero-order valence-electron chi connectivity index (χ0n) is 12.9. The van der Waals surface area contributed by atoms with Crippen molar-refractivity contribution >= 4 is 5.97 Å². The Balaban J connectivity index is 2.63. The molecule has 0 bridgehead atoms. The summed E-state index contributed by atoms with van der Waals surface area (Å²) in [5.74, 6) is -0.752. The molecule has 118 valence electrons. The lowest BCUT2D eigenvalue weighted by Crippen LogP contribution is -2.45. The normalized spacial score (nSPS) is 15.2. The van der Waals surface area contributed by atoms with Crippen LogP contribution in [0.25, 0.3) is 0 Å².